The predicted molar refractivity (Wildman–Crippen MR) is 107 cm³/mol. The SMILES string of the molecule is O=C(NO)c1ccc(N2CCC(NC(=O)C3CCc4ccccc43)CC2)cc1. The van der Waals surface area contributed by atoms with Gasteiger partial charge >= 0.3 is 0 Å². The van der Waals surface area contributed by atoms with E-state index >= 15 is 0 Å². The molecule has 28 heavy (non-hydrogen) atoms. The molecule has 146 valence electrons. The van der Waals surface area contributed by atoms with Crippen LogP contribution in [0.1, 0.15) is 46.7 Å². The molecule has 6 heteroatoms. The van der Waals surface area contributed by atoms with Gasteiger partial charge in [-0.2, -0.15) is 0 Å². The van der Waals surface area contributed by atoms with Crippen molar-refractivity contribution in [3.05, 3.63) is 65.2 Å². The van der Waals surface area contributed by atoms with Crippen molar-refractivity contribution in [3.63, 3.8) is 0 Å². The number of anilines is 1. The zero-order chi connectivity index (χ0) is 19.5. The molecule has 2 aromatic carbocycles. The monoisotopic (exact) mass is 379 g/mol. The van der Waals surface area contributed by atoms with E-state index in [0.717, 1.165) is 44.5 Å². The molecule has 1 atom stereocenters. The first kappa shape index (κ1) is 18.5. The third kappa shape index (κ3) is 3.73. The highest BCUT2D eigenvalue weighted by atomic mass is 16.5. The minimum Gasteiger partial charge on any atom is -0.371 e. The fraction of sp³-hybridized carbons (Fsp3) is 0.364. The lowest BCUT2D eigenvalue weighted by atomic mass is 9.98. The Hall–Kier alpha value is -2.86. The lowest BCUT2D eigenvalue weighted by Gasteiger charge is -2.34. The number of fused-ring (bicyclic) bond motifs is 1. The fourth-order valence-corrected chi connectivity index (χ4v) is 4.30. The molecule has 0 spiro atoms. The number of nitrogens with one attached hydrogen (secondary N) is 2. The lowest BCUT2D eigenvalue weighted by Crippen LogP contribution is -2.45. The molecule has 0 aromatic heterocycles. The Morgan fingerprint density at radius 2 is 1.68 bits per heavy atom. The third-order valence-electron chi connectivity index (χ3n) is 5.89. The van der Waals surface area contributed by atoms with E-state index in [2.05, 4.69) is 22.3 Å². The maximum atomic E-state index is 12.8. The second kappa shape index (κ2) is 8.02. The molecule has 3 N–H and O–H groups in total. The number of aryl methyl sites for hydroxylation is 1. The predicted octanol–water partition coefficient (Wildman–Crippen LogP) is 2.62. The molecule has 1 fully saturated rings. The number of rotatable bonds is 4. The van der Waals surface area contributed by atoms with Crippen molar-refractivity contribution in [1.82, 2.24) is 10.8 Å². The number of hydrogen-bond donors (Lipinski definition) is 3. The van der Waals surface area contributed by atoms with E-state index in [1.165, 1.54) is 11.1 Å². The quantitative estimate of drug-likeness (QED) is 0.563. The average molecular weight is 379 g/mol. The molecule has 2 aliphatic rings. The van der Waals surface area contributed by atoms with E-state index < -0.39 is 5.91 Å². The molecular formula is C22H25N3O3. The number of piperidine rings is 1. The minimum atomic E-state index is -0.513. The van der Waals surface area contributed by atoms with Crippen molar-refractivity contribution in [1.29, 1.82) is 0 Å². The number of amides is 2. The van der Waals surface area contributed by atoms with Gasteiger partial charge < -0.3 is 10.2 Å². The van der Waals surface area contributed by atoms with Crippen LogP contribution in [0.4, 0.5) is 5.69 Å². The third-order valence-corrected chi connectivity index (χ3v) is 5.89. The van der Waals surface area contributed by atoms with Crippen molar-refractivity contribution < 1.29 is 14.8 Å². The van der Waals surface area contributed by atoms with Gasteiger partial charge in [0.05, 0.1) is 5.92 Å². The number of hydroxylamine groups is 1. The van der Waals surface area contributed by atoms with Crippen molar-refractivity contribution >= 4 is 17.5 Å². The maximum Gasteiger partial charge on any atom is 0.274 e. The molecule has 4 rings (SSSR count). The minimum absolute atomic E-state index is 0.0144. The summed E-state index contributed by atoms with van der Waals surface area (Å²) < 4.78 is 0. The Morgan fingerprint density at radius 1 is 0.964 bits per heavy atom. The first-order valence-electron chi connectivity index (χ1n) is 9.83. The molecule has 0 radical (unpaired) electrons. The van der Waals surface area contributed by atoms with E-state index in [1.807, 2.05) is 24.3 Å². The molecule has 1 aliphatic heterocycles. The van der Waals surface area contributed by atoms with Crippen LogP contribution in [0.25, 0.3) is 0 Å². The Bertz CT molecular complexity index is 858. The van der Waals surface area contributed by atoms with Crippen LogP contribution in [0.15, 0.2) is 48.5 Å². The lowest BCUT2D eigenvalue weighted by molar-refractivity contribution is -0.123. The molecule has 2 aromatic rings. The van der Waals surface area contributed by atoms with Crippen molar-refractivity contribution in [2.75, 3.05) is 18.0 Å². The standard InChI is InChI=1S/C22H25N3O3/c26-21(24-28)16-5-8-18(9-6-16)25-13-11-17(12-14-25)23-22(27)20-10-7-15-3-1-2-4-19(15)20/h1-6,8-9,17,20,28H,7,10-14H2,(H,23,27)(H,24,26). The van der Waals surface area contributed by atoms with Gasteiger partial charge in [0.1, 0.15) is 0 Å². The van der Waals surface area contributed by atoms with Crippen LogP contribution in [-0.2, 0) is 11.2 Å². The van der Waals surface area contributed by atoms with Gasteiger partial charge in [-0.3, -0.25) is 14.8 Å². The number of carbonyl (C=O) groups excluding carboxylic acids is 2. The Balaban J connectivity index is 1.31. The Kier molecular flexibility index (Phi) is 5.30. The highest BCUT2D eigenvalue weighted by molar-refractivity contribution is 5.93. The summed E-state index contributed by atoms with van der Waals surface area (Å²) in [5, 5.41) is 12.0. The van der Waals surface area contributed by atoms with E-state index in [9.17, 15) is 9.59 Å². The van der Waals surface area contributed by atoms with Gasteiger partial charge in [-0.15, -0.1) is 0 Å². The van der Waals surface area contributed by atoms with Crippen molar-refractivity contribution in [3.8, 4) is 0 Å². The summed E-state index contributed by atoms with van der Waals surface area (Å²) in [6.07, 6.45) is 3.69. The van der Waals surface area contributed by atoms with Gasteiger partial charge in [-0.25, -0.2) is 5.48 Å². The van der Waals surface area contributed by atoms with Gasteiger partial charge in [0.2, 0.25) is 5.91 Å². The van der Waals surface area contributed by atoms with Gasteiger partial charge in [-0.1, -0.05) is 24.3 Å². The number of hydrogen-bond acceptors (Lipinski definition) is 4. The summed E-state index contributed by atoms with van der Waals surface area (Å²) in [7, 11) is 0. The Morgan fingerprint density at radius 3 is 2.39 bits per heavy atom. The van der Waals surface area contributed by atoms with Crippen LogP contribution in [0.3, 0.4) is 0 Å². The van der Waals surface area contributed by atoms with Crippen LogP contribution in [0.5, 0.6) is 0 Å². The highest BCUT2D eigenvalue weighted by Crippen LogP contribution is 2.33. The van der Waals surface area contributed by atoms with Crippen LogP contribution in [0.2, 0.25) is 0 Å². The number of carbonyl (C=O) groups is 2. The number of benzene rings is 2. The summed E-state index contributed by atoms with van der Waals surface area (Å²) in [6.45, 7) is 1.72. The summed E-state index contributed by atoms with van der Waals surface area (Å²) >= 11 is 0. The zero-order valence-corrected chi connectivity index (χ0v) is 15.7. The smallest absolute Gasteiger partial charge is 0.274 e. The summed E-state index contributed by atoms with van der Waals surface area (Å²) in [5.41, 5.74) is 5.59. The summed E-state index contributed by atoms with van der Waals surface area (Å²) in [6, 6.07) is 15.6. The van der Waals surface area contributed by atoms with Gasteiger partial charge in [0.25, 0.3) is 5.91 Å². The Labute approximate surface area is 164 Å². The van der Waals surface area contributed by atoms with Crippen LogP contribution < -0.4 is 15.7 Å². The summed E-state index contributed by atoms with van der Waals surface area (Å²) in [5.74, 6) is -0.372. The van der Waals surface area contributed by atoms with E-state index in [4.69, 9.17) is 5.21 Å². The normalized spacial score (nSPS) is 19.2. The topological polar surface area (TPSA) is 81.7 Å². The molecule has 0 bridgehead atoms. The van der Waals surface area contributed by atoms with Gasteiger partial charge in [0.15, 0.2) is 0 Å². The first-order valence-corrected chi connectivity index (χ1v) is 9.83. The van der Waals surface area contributed by atoms with Crippen molar-refractivity contribution in [2.45, 2.75) is 37.6 Å². The van der Waals surface area contributed by atoms with Gasteiger partial charge in [-0.05, 0) is 61.1 Å². The van der Waals surface area contributed by atoms with E-state index in [1.54, 1.807) is 17.6 Å². The fourth-order valence-electron chi connectivity index (χ4n) is 4.30. The molecule has 1 saturated heterocycles. The first-order chi connectivity index (χ1) is 13.7. The summed E-state index contributed by atoms with van der Waals surface area (Å²) in [4.78, 5) is 26.5. The zero-order valence-electron chi connectivity index (χ0n) is 15.7. The second-order valence-corrected chi connectivity index (χ2v) is 7.55. The maximum absolute atomic E-state index is 12.8. The molecule has 6 nitrogen and oxygen atoms in total. The van der Waals surface area contributed by atoms with Crippen LogP contribution in [-0.4, -0.2) is 36.2 Å². The molecule has 1 aliphatic carbocycles. The highest BCUT2D eigenvalue weighted by Gasteiger charge is 2.30. The molecular weight excluding hydrogens is 354 g/mol. The van der Waals surface area contributed by atoms with E-state index in [0.29, 0.717) is 5.56 Å². The molecule has 0 saturated carbocycles. The largest absolute Gasteiger partial charge is 0.371 e. The van der Waals surface area contributed by atoms with Crippen LogP contribution in [0, 0.1) is 0 Å². The molecule has 1 heterocycles. The van der Waals surface area contributed by atoms with Gasteiger partial charge in [0, 0.05) is 30.4 Å². The van der Waals surface area contributed by atoms with Crippen molar-refractivity contribution in [2.24, 2.45) is 0 Å². The average Bonchev–Trinajstić information content (AvgIpc) is 3.18. The van der Waals surface area contributed by atoms with Crippen LogP contribution >= 0.6 is 0 Å². The number of nitrogens with zero attached hydrogens (tertiary/aromatic N) is 1. The van der Waals surface area contributed by atoms with E-state index in [-0.39, 0.29) is 17.9 Å². The second-order valence-electron chi connectivity index (χ2n) is 7.55. The molecule has 2 amide bonds. The molecule has 1 unspecified atom stereocenters.